The van der Waals surface area contributed by atoms with Gasteiger partial charge in [-0.05, 0) is 19.4 Å². The van der Waals surface area contributed by atoms with Crippen LogP contribution in [0.25, 0.3) is 0 Å². The van der Waals surface area contributed by atoms with Crippen LogP contribution >= 0.6 is 0 Å². The van der Waals surface area contributed by atoms with Crippen molar-refractivity contribution in [2.75, 3.05) is 6.54 Å². The number of nitrogens with zero attached hydrogens (tertiary/aromatic N) is 3. The molecule has 1 aromatic rings. The summed E-state index contributed by atoms with van der Waals surface area (Å²) in [5.41, 5.74) is 5.44. The van der Waals surface area contributed by atoms with E-state index in [4.69, 9.17) is 5.73 Å². The molecule has 0 aromatic carbocycles. The van der Waals surface area contributed by atoms with Crippen molar-refractivity contribution in [3.63, 3.8) is 0 Å². The Balaban J connectivity index is 2.30. The fourth-order valence-electron chi connectivity index (χ4n) is 1.73. The van der Waals surface area contributed by atoms with E-state index in [-0.39, 0.29) is 0 Å². The van der Waals surface area contributed by atoms with Gasteiger partial charge in [-0.25, -0.2) is 0 Å². The third-order valence-electron chi connectivity index (χ3n) is 2.38. The maximum Gasteiger partial charge on any atom is 0.161 e. The fourth-order valence-corrected chi connectivity index (χ4v) is 1.73. The zero-order valence-corrected chi connectivity index (χ0v) is 7.48. The summed E-state index contributed by atoms with van der Waals surface area (Å²) in [4.78, 5) is 0. The molecule has 1 aliphatic heterocycles. The lowest BCUT2D eigenvalue weighted by Crippen LogP contribution is -2.18. The van der Waals surface area contributed by atoms with Crippen molar-refractivity contribution >= 4 is 0 Å². The molecule has 0 radical (unpaired) electrons. The van der Waals surface area contributed by atoms with Crippen molar-refractivity contribution in [3.8, 4) is 0 Å². The molecule has 0 amide bonds. The number of aliphatic hydroxyl groups excluding tert-OH is 1. The molecule has 0 saturated heterocycles. The molecule has 1 aromatic heterocycles. The highest BCUT2D eigenvalue weighted by Crippen LogP contribution is 2.23. The van der Waals surface area contributed by atoms with Gasteiger partial charge in [0.15, 0.2) is 5.82 Å². The molecule has 72 valence electrons. The van der Waals surface area contributed by atoms with E-state index < -0.39 is 6.10 Å². The molecule has 1 aliphatic rings. The lowest BCUT2D eigenvalue weighted by atomic mass is 10.1. The van der Waals surface area contributed by atoms with E-state index >= 15 is 0 Å². The Morgan fingerprint density at radius 2 is 2.38 bits per heavy atom. The average molecular weight is 182 g/mol. The fraction of sp³-hybridized carbons (Fsp3) is 0.750. The van der Waals surface area contributed by atoms with Crippen LogP contribution in [0.1, 0.15) is 30.6 Å². The van der Waals surface area contributed by atoms with Gasteiger partial charge in [-0.2, -0.15) is 0 Å². The van der Waals surface area contributed by atoms with Gasteiger partial charge in [0.1, 0.15) is 11.9 Å². The first kappa shape index (κ1) is 8.65. The van der Waals surface area contributed by atoms with Gasteiger partial charge in [0.25, 0.3) is 0 Å². The van der Waals surface area contributed by atoms with E-state index in [0.29, 0.717) is 12.4 Å². The minimum atomic E-state index is -0.437. The minimum absolute atomic E-state index is 0.437. The van der Waals surface area contributed by atoms with Crippen LogP contribution in [0.4, 0.5) is 0 Å². The van der Waals surface area contributed by atoms with Crippen LogP contribution in [0.2, 0.25) is 0 Å². The number of hydrogen-bond donors (Lipinski definition) is 2. The monoisotopic (exact) mass is 182 g/mol. The summed E-state index contributed by atoms with van der Waals surface area (Å²) in [5, 5.41) is 17.6. The molecule has 0 saturated carbocycles. The quantitative estimate of drug-likeness (QED) is 0.653. The number of aromatic nitrogens is 3. The highest BCUT2D eigenvalue weighted by molar-refractivity contribution is 5.02. The number of nitrogens with two attached hydrogens (primary N) is 1. The summed E-state index contributed by atoms with van der Waals surface area (Å²) < 4.78 is 1.99. The molecule has 0 spiro atoms. The second kappa shape index (κ2) is 3.43. The Hall–Kier alpha value is -0.940. The van der Waals surface area contributed by atoms with Crippen molar-refractivity contribution in [1.29, 1.82) is 0 Å². The number of hydrogen-bond acceptors (Lipinski definition) is 4. The van der Waals surface area contributed by atoms with Crippen molar-refractivity contribution in [2.24, 2.45) is 5.73 Å². The first-order valence-electron chi connectivity index (χ1n) is 4.63. The van der Waals surface area contributed by atoms with Crippen LogP contribution in [0, 0.1) is 0 Å². The summed E-state index contributed by atoms with van der Waals surface area (Å²) >= 11 is 0. The standard InChI is InChI=1S/C8H14N4O/c9-4-3-7-10-11-8-6(13)2-1-5-12(7)8/h6,13H,1-5,9H2. The molecule has 5 nitrogen and oxygen atoms in total. The van der Waals surface area contributed by atoms with Gasteiger partial charge >= 0.3 is 0 Å². The largest absolute Gasteiger partial charge is 0.385 e. The summed E-state index contributed by atoms with van der Waals surface area (Å²) in [6.07, 6.45) is 2.08. The third-order valence-corrected chi connectivity index (χ3v) is 2.38. The molecule has 2 heterocycles. The highest BCUT2D eigenvalue weighted by atomic mass is 16.3. The molecule has 0 aliphatic carbocycles. The van der Waals surface area contributed by atoms with E-state index in [0.717, 1.165) is 31.6 Å². The van der Waals surface area contributed by atoms with Crippen LogP contribution in [-0.2, 0) is 13.0 Å². The molecule has 13 heavy (non-hydrogen) atoms. The van der Waals surface area contributed by atoms with Crippen LogP contribution in [-0.4, -0.2) is 26.4 Å². The SMILES string of the molecule is NCCc1nnc2n1CCCC2O. The first-order chi connectivity index (χ1) is 6.33. The third kappa shape index (κ3) is 1.45. The molecule has 1 atom stereocenters. The van der Waals surface area contributed by atoms with Crippen LogP contribution in [0.3, 0.4) is 0 Å². The summed E-state index contributed by atoms with van der Waals surface area (Å²) in [5.74, 6) is 1.60. The van der Waals surface area contributed by atoms with Crippen molar-refractivity contribution in [1.82, 2.24) is 14.8 Å². The Bertz CT molecular complexity index is 296. The van der Waals surface area contributed by atoms with Crippen LogP contribution in [0.5, 0.6) is 0 Å². The van der Waals surface area contributed by atoms with Crippen LogP contribution < -0.4 is 5.73 Å². The van der Waals surface area contributed by atoms with Crippen molar-refractivity contribution in [3.05, 3.63) is 11.6 Å². The number of fused-ring (bicyclic) bond motifs is 1. The van der Waals surface area contributed by atoms with E-state index in [1.165, 1.54) is 0 Å². The maximum atomic E-state index is 9.59. The molecule has 2 rings (SSSR count). The van der Waals surface area contributed by atoms with Gasteiger partial charge in [0, 0.05) is 13.0 Å². The van der Waals surface area contributed by atoms with E-state index in [1.54, 1.807) is 0 Å². The Kier molecular flexibility index (Phi) is 2.28. The minimum Gasteiger partial charge on any atom is -0.385 e. The Morgan fingerprint density at radius 1 is 1.54 bits per heavy atom. The normalized spacial score (nSPS) is 21.5. The predicted molar refractivity (Wildman–Crippen MR) is 47.0 cm³/mol. The smallest absolute Gasteiger partial charge is 0.161 e. The number of aliphatic hydroxyl groups is 1. The second-order valence-corrected chi connectivity index (χ2v) is 3.32. The zero-order valence-electron chi connectivity index (χ0n) is 7.48. The number of rotatable bonds is 2. The molecule has 5 heteroatoms. The van der Waals surface area contributed by atoms with Gasteiger partial charge in [0.05, 0.1) is 0 Å². The molecule has 0 bridgehead atoms. The van der Waals surface area contributed by atoms with Gasteiger partial charge in [-0.15, -0.1) is 10.2 Å². The van der Waals surface area contributed by atoms with Gasteiger partial charge < -0.3 is 15.4 Å². The lowest BCUT2D eigenvalue weighted by molar-refractivity contribution is 0.133. The molecule has 0 fully saturated rings. The lowest BCUT2D eigenvalue weighted by Gasteiger charge is -2.19. The highest BCUT2D eigenvalue weighted by Gasteiger charge is 2.22. The van der Waals surface area contributed by atoms with Crippen molar-refractivity contribution in [2.45, 2.75) is 31.9 Å². The first-order valence-corrected chi connectivity index (χ1v) is 4.63. The Morgan fingerprint density at radius 3 is 3.15 bits per heavy atom. The summed E-state index contributed by atoms with van der Waals surface area (Å²) in [6, 6.07) is 0. The van der Waals surface area contributed by atoms with E-state index in [9.17, 15) is 5.11 Å². The van der Waals surface area contributed by atoms with Gasteiger partial charge in [0.2, 0.25) is 0 Å². The maximum absolute atomic E-state index is 9.59. The van der Waals surface area contributed by atoms with E-state index in [1.807, 2.05) is 4.57 Å². The van der Waals surface area contributed by atoms with E-state index in [2.05, 4.69) is 10.2 Å². The molecular weight excluding hydrogens is 168 g/mol. The van der Waals surface area contributed by atoms with Crippen molar-refractivity contribution < 1.29 is 5.11 Å². The summed E-state index contributed by atoms with van der Waals surface area (Å²) in [6.45, 7) is 1.49. The van der Waals surface area contributed by atoms with Gasteiger partial charge in [-0.1, -0.05) is 0 Å². The average Bonchev–Trinajstić information content (AvgIpc) is 2.51. The summed E-state index contributed by atoms with van der Waals surface area (Å²) in [7, 11) is 0. The second-order valence-electron chi connectivity index (χ2n) is 3.32. The molecule has 3 N–H and O–H groups in total. The van der Waals surface area contributed by atoms with Crippen LogP contribution in [0.15, 0.2) is 0 Å². The topological polar surface area (TPSA) is 77.0 Å². The predicted octanol–water partition coefficient (Wildman–Crippen LogP) is -0.394. The van der Waals surface area contributed by atoms with Gasteiger partial charge in [-0.3, -0.25) is 0 Å². The molecular formula is C8H14N4O. The molecule has 1 unspecified atom stereocenters. The zero-order chi connectivity index (χ0) is 9.26. The Labute approximate surface area is 76.6 Å².